The summed E-state index contributed by atoms with van der Waals surface area (Å²) in [6.45, 7) is 0. The van der Waals surface area contributed by atoms with Gasteiger partial charge in [-0.2, -0.15) is 0 Å². The Morgan fingerprint density at radius 2 is 1.93 bits per heavy atom. The number of rotatable bonds is 3. The molecule has 0 saturated heterocycles. The molecule has 1 atom stereocenters. The molecule has 76 valence electrons. The third-order valence-electron chi connectivity index (χ3n) is 1.29. The number of carboxylic acid groups (broad SMARTS) is 1. The number of nitrogens with two attached hydrogens (primary N) is 1. The summed E-state index contributed by atoms with van der Waals surface area (Å²) in [5.74, 6) is -4.56. The van der Waals surface area contributed by atoms with Gasteiger partial charge in [0, 0.05) is 7.05 Å². The monoisotopic (exact) mass is 234 g/mol. The van der Waals surface area contributed by atoms with Crippen molar-refractivity contribution in [1.82, 2.24) is 4.90 Å². The van der Waals surface area contributed by atoms with E-state index in [1.54, 1.807) is 0 Å². The van der Waals surface area contributed by atoms with Crippen molar-refractivity contribution in [1.29, 1.82) is 5.41 Å². The van der Waals surface area contributed by atoms with E-state index in [1.807, 2.05) is 0 Å². The Balaban J connectivity index is 0. The molecule has 1 unspecified atom stereocenters. The molecular formula is C4H10N3NaO5P+. The van der Waals surface area contributed by atoms with Crippen LogP contribution in [-0.2, 0) is 9.36 Å². The van der Waals surface area contributed by atoms with Gasteiger partial charge in [0.15, 0.2) is 5.96 Å². The average Bonchev–Trinajstić information content (AvgIpc) is 1.82. The van der Waals surface area contributed by atoms with Crippen LogP contribution >= 0.6 is 7.60 Å². The van der Waals surface area contributed by atoms with Gasteiger partial charge in [-0.3, -0.25) is 9.97 Å². The minimum Gasteiger partial charge on any atom is -0.479 e. The minimum atomic E-state index is -4.84. The summed E-state index contributed by atoms with van der Waals surface area (Å²) in [7, 11) is -3.82. The van der Waals surface area contributed by atoms with E-state index in [0.717, 1.165) is 7.05 Å². The maximum Gasteiger partial charge on any atom is 1.00 e. The molecule has 0 aromatic carbocycles. The van der Waals surface area contributed by atoms with Crippen LogP contribution in [0.2, 0.25) is 0 Å². The van der Waals surface area contributed by atoms with Crippen molar-refractivity contribution in [3.05, 3.63) is 0 Å². The maximum atomic E-state index is 10.6. The molecule has 0 bridgehead atoms. The van der Waals surface area contributed by atoms with Crippen LogP contribution in [0.5, 0.6) is 0 Å². The van der Waals surface area contributed by atoms with Gasteiger partial charge in [0.1, 0.15) is 0 Å². The summed E-state index contributed by atoms with van der Waals surface area (Å²) in [6, 6.07) is 0. The van der Waals surface area contributed by atoms with Gasteiger partial charge in [0.05, 0.1) is 0 Å². The van der Waals surface area contributed by atoms with Crippen LogP contribution in [0.1, 0.15) is 0 Å². The van der Waals surface area contributed by atoms with Crippen LogP contribution < -0.4 is 35.3 Å². The molecule has 14 heavy (non-hydrogen) atoms. The second-order valence-corrected chi connectivity index (χ2v) is 3.96. The smallest absolute Gasteiger partial charge is 0.479 e. The zero-order chi connectivity index (χ0) is 10.8. The Bertz CT molecular complexity index is 278. The Labute approximate surface area is 102 Å². The van der Waals surface area contributed by atoms with Crippen molar-refractivity contribution >= 4 is 19.5 Å². The SMILES string of the molecule is CN(C(=N)N)C(C(=O)O)P(=O)(O)O.[Na+]. The second kappa shape index (κ2) is 5.69. The summed E-state index contributed by atoms with van der Waals surface area (Å²) >= 11 is 0. The Morgan fingerprint density at radius 1 is 1.57 bits per heavy atom. The number of hydrogen-bond acceptors (Lipinski definition) is 3. The van der Waals surface area contributed by atoms with Crippen molar-refractivity contribution in [2.75, 3.05) is 7.05 Å². The van der Waals surface area contributed by atoms with Gasteiger partial charge in [-0.1, -0.05) is 0 Å². The molecule has 0 spiro atoms. The van der Waals surface area contributed by atoms with E-state index in [1.165, 1.54) is 0 Å². The molecule has 0 aliphatic rings. The molecule has 6 N–H and O–H groups in total. The van der Waals surface area contributed by atoms with Crippen molar-refractivity contribution in [3.8, 4) is 0 Å². The number of hydrogen-bond donors (Lipinski definition) is 5. The molecule has 0 aromatic rings. The largest absolute Gasteiger partial charge is 1.00 e. The predicted octanol–water partition coefficient (Wildman–Crippen LogP) is -4.60. The van der Waals surface area contributed by atoms with Gasteiger partial charge >= 0.3 is 43.1 Å². The molecule has 0 rings (SSSR count). The van der Waals surface area contributed by atoms with E-state index >= 15 is 0 Å². The standard InChI is InChI=1S/C4H10N3O5P.Na/c1-7(4(5)6)2(3(8)9)13(10,11)12;/h2H,1H3,(H3,5,6)(H,8,9)(H2,10,11,12);/q;+1. The fourth-order valence-corrected chi connectivity index (χ4v) is 1.53. The minimum absolute atomic E-state index is 0. The first-order valence-corrected chi connectivity index (χ1v) is 4.71. The molecule has 8 nitrogen and oxygen atoms in total. The molecule has 0 radical (unpaired) electrons. The molecule has 0 aliphatic carbocycles. The van der Waals surface area contributed by atoms with Gasteiger partial charge in [-0.15, -0.1) is 0 Å². The van der Waals surface area contributed by atoms with Crippen LogP contribution in [-0.4, -0.2) is 44.6 Å². The molecule has 0 fully saturated rings. The van der Waals surface area contributed by atoms with Crippen molar-refractivity contribution < 1.29 is 53.8 Å². The third kappa shape index (κ3) is 4.41. The number of carbonyl (C=O) groups is 1. The van der Waals surface area contributed by atoms with E-state index in [9.17, 15) is 9.36 Å². The van der Waals surface area contributed by atoms with Crippen molar-refractivity contribution in [2.24, 2.45) is 5.73 Å². The van der Waals surface area contributed by atoms with E-state index in [4.69, 9.17) is 26.0 Å². The molecule has 10 heteroatoms. The van der Waals surface area contributed by atoms with Gasteiger partial charge < -0.3 is 25.5 Å². The van der Waals surface area contributed by atoms with Crippen LogP contribution in [0.15, 0.2) is 0 Å². The summed E-state index contributed by atoms with van der Waals surface area (Å²) in [5.41, 5.74) is 4.87. The topological polar surface area (TPSA) is 148 Å². The van der Waals surface area contributed by atoms with Gasteiger partial charge in [0.25, 0.3) is 0 Å². The Kier molecular flexibility index (Phi) is 6.64. The Morgan fingerprint density at radius 3 is 2.00 bits per heavy atom. The number of aliphatic carboxylic acids is 1. The zero-order valence-corrected chi connectivity index (χ0v) is 10.6. The average molecular weight is 234 g/mol. The van der Waals surface area contributed by atoms with Gasteiger partial charge in [-0.25, -0.2) is 4.79 Å². The second-order valence-electron chi connectivity index (χ2n) is 2.30. The number of guanidine groups is 1. The number of likely N-dealkylation sites (N-methyl/N-ethyl adjacent to an activating group) is 1. The first kappa shape index (κ1) is 16.3. The zero-order valence-electron chi connectivity index (χ0n) is 7.71. The molecule has 0 heterocycles. The number of nitrogens with one attached hydrogen (secondary N) is 1. The van der Waals surface area contributed by atoms with E-state index in [0.29, 0.717) is 4.90 Å². The first-order chi connectivity index (χ1) is 5.68. The fraction of sp³-hybridized carbons (Fsp3) is 0.500. The van der Waals surface area contributed by atoms with Gasteiger partial charge in [-0.05, 0) is 0 Å². The molecule has 0 amide bonds. The van der Waals surface area contributed by atoms with E-state index in [-0.39, 0.29) is 29.6 Å². The van der Waals surface area contributed by atoms with E-state index < -0.39 is 25.3 Å². The summed E-state index contributed by atoms with van der Waals surface area (Å²) < 4.78 is 10.6. The normalized spacial score (nSPS) is 12.5. The van der Waals surface area contributed by atoms with Crippen molar-refractivity contribution in [2.45, 2.75) is 5.78 Å². The van der Waals surface area contributed by atoms with Crippen LogP contribution in [0.25, 0.3) is 0 Å². The van der Waals surface area contributed by atoms with Crippen molar-refractivity contribution in [3.63, 3.8) is 0 Å². The molecule has 0 saturated carbocycles. The first-order valence-electron chi connectivity index (χ1n) is 3.02. The number of nitrogens with zero attached hydrogens (tertiary/aromatic N) is 1. The van der Waals surface area contributed by atoms with Crippen LogP contribution in [0.4, 0.5) is 0 Å². The third-order valence-corrected chi connectivity index (χ3v) is 2.49. The molecule has 0 aliphatic heterocycles. The molecule has 0 aromatic heterocycles. The summed E-state index contributed by atoms with van der Waals surface area (Å²) in [4.78, 5) is 28.1. The van der Waals surface area contributed by atoms with E-state index in [2.05, 4.69) is 0 Å². The number of carboxylic acids is 1. The van der Waals surface area contributed by atoms with Crippen LogP contribution in [0.3, 0.4) is 0 Å². The summed E-state index contributed by atoms with van der Waals surface area (Å²) in [6.07, 6.45) is 0. The predicted molar refractivity (Wildman–Crippen MR) is 43.1 cm³/mol. The molecular weight excluding hydrogens is 224 g/mol. The van der Waals surface area contributed by atoms with Crippen LogP contribution in [0, 0.1) is 5.41 Å². The van der Waals surface area contributed by atoms with Gasteiger partial charge in [0.2, 0.25) is 5.78 Å². The Hall–Kier alpha value is -0.110. The maximum absolute atomic E-state index is 10.6. The summed E-state index contributed by atoms with van der Waals surface area (Å²) in [5, 5.41) is 15.2. The fourth-order valence-electron chi connectivity index (χ4n) is 0.667. The quantitative estimate of drug-likeness (QED) is 0.143.